The SMILES string of the molecule is COc1ccc(N2CCOCC2)c2sc(NC(=O)c3ccc(CN4CCCC4)c(F)c3)nc12. The zero-order chi connectivity index (χ0) is 22.8. The molecule has 2 aromatic carbocycles. The molecule has 3 heterocycles. The van der Waals surface area contributed by atoms with E-state index >= 15 is 0 Å². The van der Waals surface area contributed by atoms with Crippen molar-refractivity contribution in [1.82, 2.24) is 9.88 Å². The van der Waals surface area contributed by atoms with E-state index in [1.807, 2.05) is 12.1 Å². The smallest absolute Gasteiger partial charge is 0.257 e. The molecule has 0 radical (unpaired) electrons. The van der Waals surface area contributed by atoms with Crippen LogP contribution >= 0.6 is 11.3 Å². The van der Waals surface area contributed by atoms with Gasteiger partial charge in [-0.1, -0.05) is 17.4 Å². The first-order valence-electron chi connectivity index (χ1n) is 11.2. The molecule has 0 bridgehead atoms. The van der Waals surface area contributed by atoms with Gasteiger partial charge in [-0.05, 0) is 50.2 Å². The predicted octanol–water partition coefficient (Wildman–Crippen LogP) is 4.13. The molecule has 2 saturated heterocycles. The number of nitrogens with one attached hydrogen (secondary N) is 1. The van der Waals surface area contributed by atoms with E-state index in [1.165, 1.54) is 17.4 Å². The molecule has 2 fully saturated rings. The Morgan fingerprint density at radius 1 is 1.18 bits per heavy atom. The first-order chi connectivity index (χ1) is 16.1. The molecule has 2 aliphatic rings. The Labute approximate surface area is 196 Å². The minimum absolute atomic E-state index is 0.275. The van der Waals surface area contributed by atoms with Crippen LogP contribution in [-0.4, -0.2) is 62.3 Å². The zero-order valence-electron chi connectivity index (χ0n) is 18.6. The van der Waals surface area contributed by atoms with E-state index < -0.39 is 0 Å². The highest BCUT2D eigenvalue weighted by atomic mass is 32.1. The Morgan fingerprint density at radius 3 is 2.70 bits per heavy atom. The number of hydrogen-bond donors (Lipinski definition) is 1. The molecular weight excluding hydrogens is 443 g/mol. The number of halogens is 1. The van der Waals surface area contributed by atoms with Crippen molar-refractivity contribution in [3.63, 3.8) is 0 Å². The summed E-state index contributed by atoms with van der Waals surface area (Å²) in [7, 11) is 1.60. The van der Waals surface area contributed by atoms with Gasteiger partial charge in [-0.25, -0.2) is 9.37 Å². The minimum Gasteiger partial charge on any atom is -0.494 e. The number of thiazole rings is 1. The topological polar surface area (TPSA) is 66.9 Å². The Morgan fingerprint density at radius 2 is 1.97 bits per heavy atom. The van der Waals surface area contributed by atoms with Gasteiger partial charge in [0.25, 0.3) is 5.91 Å². The van der Waals surface area contributed by atoms with Crippen LogP contribution in [0.3, 0.4) is 0 Å². The van der Waals surface area contributed by atoms with E-state index in [-0.39, 0.29) is 17.3 Å². The van der Waals surface area contributed by atoms with E-state index in [9.17, 15) is 9.18 Å². The number of benzene rings is 2. The fraction of sp³-hybridized carbons (Fsp3) is 0.417. The van der Waals surface area contributed by atoms with Gasteiger partial charge in [0.1, 0.15) is 17.1 Å². The molecular formula is C24H27FN4O3S. The average molecular weight is 471 g/mol. The number of carbonyl (C=O) groups is 1. The number of rotatable bonds is 6. The maximum atomic E-state index is 14.7. The molecule has 0 aliphatic carbocycles. The van der Waals surface area contributed by atoms with E-state index in [1.54, 1.807) is 19.2 Å². The normalized spacial score (nSPS) is 17.0. The highest BCUT2D eigenvalue weighted by Crippen LogP contribution is 2.39. The van der Waals surface area contributed by atoms with Crippen molar-refractivity contribution < 1.29 is 18.7 Å². The summed E-state index contributed by atoms with van der Waals surface area (Å²) in [6, 6.07) is 8.61. The van der Waals surface area contributed by atoms with Crippen molar-refractivity contribution in [2.75, 3.05) is 56.7 Å². The summed E-state index contributed by atoms with van der Waals surface area (Å²) in [6.45, 7) is 5.51. The second-order valence-corrected chi connectivity index (χ2v) is 9.33. The fourth-order valence-electron chi connectivity index (χ4n) is 4.41. The van der Waals surface area contributed by atoms with E-state index in [0.29, 0.717) is 41.7 Å². The van der Waals surface area contributed by atoms with Crippen molar-refractivity contribution in [2.24, 2.45) is 0 Å². The van der Waals surface area contributed by atoms with Crippen LogP contribution in [0.2, 0.25) is 0 Å². The van der Waals surface area contributed by atoms with Crippen molar-refractivity contribution in [2.45, 2.75) is 19.4 Å². The van der Waals surface area contributed by atoms with Gasteiger partial charge in [-0.15, -0.1) is 0 Å². The lowest BCUT2D eigenvalue weighted by atomic mass is 10.1. The molecule has 0 spiro atoms. The van der Waals surface area contributed by atoms with Gasteiger partial charge in [0.2, 0.25) is 0 Å². The lowest BCUT2D eigenvalue weighted by molar-refractivity contribution is 0.102. The van der Waals surface area contributed by atoms with Crippen LogP contribution < -0.4 is 15.0 Å². The molecule has 0 saturated carbocycles. The van der Waals surface area contributed by atoms with Gasteiger partial charge in [0, 0.05) is 30.8 Å². The second kappa shape index (κ2) is 9.62. The predicted molar refractivity (Wildman–Crippen MR) is 128 cm³/mol. The van der Waals surface area contributed by atoms with Gasteiger partial charge >= 0.3 is 0 Å². The molecule has 1 amide bonds. The Kier molecular flexibility index (Phi) is 6.43. The lowest BCUT2D eigenvalue weighted by Crippen LogP contribution is -2.36. The highest BCUT2D eigenvalue weighted by Gasteiger charge is 2.21. The molecule has 7 nitrogen and oxygen atoms in total. The zero-order valence-corrected chi connectivity index (χ0v) is 19.4. The summed E-state index contributed by atoms with van der Waals surface area (Å²) in [6.07, 6.45) is 2.31. The van der Waals surface area contributed by atoms with Gasteiger partial charge in [0.05, 0.1) is 30.7 Å². The van der Waals surface area contributed by atoms with Gasteiger partial charge in [0.15, 0.2) is 5.13 Å². The quantitative estimate of drug-likeness (QED) is 0.585. The first-order valence-corrected chi connectivity index (χ1v) is 12.1. The summed E-state index contributed by atoms with van der Waals surface area (Å²) >= 11 is 1.39. The van der Waals surface area contributed by atoms with Crippen LogP contribution in [0, 0.1) is 5.82 Å². The number of likely N-dealkylation sites (tertiary alicyclic amines) is 1. The fourth-order valence-corrected chi connectivity index (χ4v) is 5.43. The molecule has 0 unspecified atom stereocenters. The van der Waals surface area contributed by atoms with E-state index in [0.717, 1.165) is 49.4 Å². The summed E-state index contributed by atoms with van der Waals surface area (Å²) in [5, 5.41) is 3.30. The average Bonchev–Trinajstić information content (AvgIpc) is 3.50. The van der Waals surface area contributed by atoms with Crippen molar-refractivity contribution in [1.29, 1.82) is 0 Å². The number of anilines is 2. The van der Waals surface area contributed by atoms with Crippen molar-refractivity contribution in [3.8, 4) is 5.75 Å². The molecule has 1 aromatic heterocycles. The van der Waals surface area contributed by atoms with Crippen molar-refractivity contribution >= 4 is 38.3 Å². The van der Waals surface area contributed by atoms with Crippen LogP contribution in [-0.2, 0) is 11.3 Å². The number of amides is 1. The van der Waals surface area contributed by atoms with Crippen LogP contribution in [0.15, 0.2) is 30.3 Å². The molecule has 3 aromatic rings. The number of nitrogens with zero attached hydrogens (tertiary/aromatic N) is 3. The monoisotopic (exact) mass is 470 g/mol. The molecule has 1 N–H and O–H groups in total. The number of ether oxygens (including phenoxy) is 2. The number of aromatic nitrogens is 1. The van der Waals surface area contributed by atoms with E-state index in [4.69, 9.17) is 9.47 Å². The van der Waals surface area contributed by atoms with Crippen LogP contribution in [0.1, 0.15) is 28.8 Å². The molecule has 2 aliphatic heterocycles. The maximum Gasteiger partial charge on any atom is 0.257 e. The van der Waals surface area contributed by atoms with Crippen LogP contribution in [0.4, 0.5) is 15.2 Å². The van der Waals surface area contributed by atoms with Crippen LogP contribution in [0.5, 0.6) is 5.75 Å². The second-order valence-electron chi connectivity index (χ2n) is 8.33. The number of hydrogen-bond acceptors (Lipinski definition) is 7. The molecule has 5 rings (SSSR count). The molecule has 174 valence electrons. The van der Waals surface area contributed by atoms with Crippen molar-refractivity contribution in [3.05, 3.63) is 47.3 Å². The first kappa shape index (κ1) is 22.1. The standard InChI is InChI=1S/C24H27FN4O3S/c1-31-20-7-6-19(29-10-12-32-13-11-29)22-21(20)26-24(33-22)27-23(30)16-4-5-17(18(25)14-16)15-28-8-2-3-9-28/h4-7,14H,2-3,8-13,15H2,1H3,(H,26,27,30). The number of methoxy groups -OCH3 is 1. The van der Waals surface area contributed by atoms with Gasteiger partial charge in [-0.3, -0.25) is 15.0 Å². The summed E-state index contributed by atoms with van der Waals surface area (Å²) in [5.41, 5.74) is 2.64. The Balaban J connectivity index is 1.37. The number of fused-ring (bicyclic) bond motifs is 1. The summed E-state index contributed by atoms with van der Waals surface area (Å²) in [5.74, 6) is -0.0845. The Bertz CT molecular complexity index is 1160. The van der Waals surface area contributed by atoms with E-state index in [2.05, 4.69) is 20.1 Å². The highest BCUT2D eigenvalue weighted by molar-refractivity contribution is 7.23. The minimum atomic E-state index is -0.382. The number of carbonyl (C=O) groups excluding carboxylic acids is 1. The number of morpholine rings is 1. The summed E-state index contributed by atoms with van der Waals surface area (Å²) in [4.78, 5) is 22.0. The Hall–Kier alpha value is -2.75. The maximum absolute atomic E-state index is 14.7. The summed E-state index contributed by atoms with van der Waals surface area (Å²) < 4.78 is 26.6. The lowest BCUT2D eigenvalue weighted by Gasteiger charge is -2.29. The third-order valence-electron chi connectivity index (χ3n) is 6.19. The third kappa shape index (κ3) is 4.66. The third-order valence-corrected chi connectivity index (χ3v) is 7.18. The molecule has 9 heteroatoms. The van der Waals surface area contributed by atoms with Crippen LogP contribution in [0.25, 0.3) is 10.2 Å². The largest absolute Gasteiger partial charge is 0.494 e. The van der Waals surface area contributed by atoms with Gasteiger partial charge < -0.3 is 14.4 Å². The molecule has 33 heavy (non-hydrogen) atoms. The van der Waals surface area contributed by atoms with Gasteiger partial charge in [-0.2, -0.15) is 0 Å². The molecule has 0 atom stereocenters.